The van der Waals surface area contributed by atoms with Gasteiger partial charge in [-0.15, -0.1) is 0 Å². The number of hydrogen-bond acceptors (Lipinski definition) is 15. The smallest absolute Gasteiger partial charge is 0.410 e. The van der Waals surface area contributed by atoms with Gasteiger partial charge in [-0.2, -0.15) is 0 Å². The van der Waals surface area contributed by atoms with Gasteiger partial charge in [-0.1, -0.05) is 48.5 Å². The molecule has 11 rings (SSSR count). The van der Waals surface area contributed by atoms with Gasteiger partial charge >= 0.3 is 12.1 Å². The third-order valence-electron chi connectivity index (χ3n) is 18.1. The molecule has 0 saturated carbocycles. The average molecular weight is 1220 g/mol. The van der Waals surface area contributed by atoms with Gasteiger partial charge in [0.1, 0.15) is 78.6 Å². The van der Waals surface area contributed by atoms with Crippen LogP contribution in [0.4, 0.5) is 4.79 Å². The van der Waals surface area contributed by atoms with Crippen molar-refractivity contribution in [3.63, 3.8) is 0 Å². The first-order valence-electron chi connectivity index (χ1n) is 30.7. The molecular formula is C66H76N8O15. The number of furan rings is 1. The van der Waals surface area contributed by atoms with Crippen molar-refractivity contribution in [3.8, 4) is 28.4 Å². The number of esters is 1. The predicted octanol–water partition coefficient (Wildman–Crippen LogP) is 5.49. The zero-order valence-corrected chi connectivity index (χ0v) is 50.8. The van der Waals surface area contributed by atoms with E-state index in [0.29, 0.717) is 60.7 Å². The van der Waals surface area contributed by atoms with Crippen molar-refractivity contribution >= 4 is 64.4 Å². The molecule has 1 aliphatic carbocycles. The number of hydrogen-bond donors (Lipinski definition) is 3. The van der Waals surface area contributed by atoms with Gasteiger partial charge in [0.25, 0.3) is 0 Å². The minimum Gasteiger partial charge on any atom is -0.497 e. The second-order valence-electron chi connectivity index (χ2n) is 23.8. The second-order valence-corrected chi connectivity index (χ2v) is 23.8. The van der Waals surface area contributed by atoms with Crippen LogP contribution in [-0.4, -0.2) is 180 Å². The molecule has 470 valence electrons. The number of carbonyl (C=O) groups excluding carboxylic acids is 9. The Labute approximate surface area is 515 Å². The van der Waals surface area contributed by atoms with Gasteiger partial charge in [0.05, 0.1) is 20.6 Å². The van der Waals surface area contributed by atoms with Crippen molar-refractivity contribution in [1.29, 1.82) is 0 Å². The number of aryl methyl sites for hydroxylation is 1. The van der Waals surface area contributed by atoms with E-state index in [1.54, 1.807) is 26.4 Å². The standard InChI is InChI=1S/C66H76N8O15/c1-38-47-21-20-44(86-35-41-27-45(84-4)31-46(28-41)85-5)32-58(47)89-59(38)37-87-60(77)22-23-67-61(78)53-17-10-24-70(53)64(81)56-29-42(68-39(2)75)33-73(56)62(79)54-18-11-25-71(54)65(82)57-30-43(69-40(3)76)34-74(57)63(80)55-19-12-26-72(55)66(83)88-36-52-50-15-8-6-13-48(50)49-14-7-9-16-51(49)52/h6-9,13-16,20-21,27-28,31-32,42-43,52-57H,10-12,17-19,22-26,29-30,33-37H2,1-5H3,(H,67,78)(H,68,75)(H,69,76)/t42-,43-,53-,54-,55-,56-,57-/m0/s1. The molecule has 6 aliphatic rings. The minimum atomic E-state index is -1.09. The van der Waals surface area contributed by atoms with Gasteiger partial charge in [0, 0.05) is 94.2 Å². The summed E-state index contributed by atoms with van der Waals surface area (Å²) in [7, 11) is 3.16. The Bertz CT molecular complexity index is 3500. The van der Waals surface area contributed by atoms with Crippen LogP contribution in [0.5, 0.6) is 17.2 Å². The highest BCUT2D eigenvalue weighted by Gasteiger charge is 2.52. The molecule has 5 aliphatic heterocycles. The Morgan fingerprint density at radius 2 is 1.10 bits per heavy atom. The number of benzene rings is 4. The molecule has 7 atom stereocenters. The molecule has 0 unspecified atom stereocenters. The van der Waals surface area contributed by atoms with Gasteiger partial charge in [-0.25, -0.2) is 4.79 Å². The van der Waals surface area contributed by atoms with Crippen molar-refractivity contribution in [2.45, 2.75) is 140 Å². The zero-order chi connectivity index (χ0) is 62.6. The number of amides is 8. The summed E-state index contributed by atoms with van der Waals surface area (Å²) in [5.74, 6) is -1.63. The van der Waals surface area contributed by atoms with Crippen LogP contribution in [0.1, 0.15) is 106 Å². The maximum atomic E-state index is 15.0. The first-order chi connectivity index (χ1) is 43.0. The summed E-state index contributed by atoms with van der Waals surface area (Å²) >= 11 is 0. The number of ether oxygens (including phenoxy) is 5. The predicted molar refractivity (Wildman–Crippen MR) is 322 cm³/mol. The van der Waals surface area contributed by atoms with Crippen LogP contribution in [0.3, 0.4) is 0 Å². The molecule has 23 nitrogen and oxygen atoms in total. The van der Waals surface area contributed by atoms with Gasteiger partial charge in [-0.3, -0.25) is 43.3 Å². The highest BCUT2D eigenvalue weighted by atomic mass is 16.6. The summed E-state index contributed by atoms with van der Waals surface area (Å²) in [4.78, 5) is 133. The van der Waals surface area contributed by atoms with E-state index in [1.807, 2.05) is 79.7 Å². The SMILES string of the molecule is COc1cc(COc2ccc3c(C)c(COC(=O)CCNC(=O)[C@@H]4CCCN4C(=O)[C@@H]4C[C@H](NC(C)=O)CN4C(=O)[C@@H]4CCCN4C(=O)[C@@H]4C[C@H](NC(C)=O)CN4C(=O)[C@@H]4CCCN4C(=O)OCC4c5ccccc5-c5ccccc54)oc3c2)cc(OC)c1. The van der Waals surface area contributed by atoms with E-state index < -0.39 is 83.9 Å². The lowest BCUT2D eigenvalue weighted by Gasteiger charge is -2.36. The van der Waals surface area contributed by atoms with Crippen LogP contribution in [-0.2, 0) is 61.0 Å². The van der Waals surface area contributed by atoms with Crippen molar-refractivity contribution in [1.82, 2.24) is 40.4 Å². The van der Waals surface area contributed by atoms with Crippen molar-refractivity contribution in [2.75, 3.05) is 60.1 Å². The number of nitrogens with zero attached hydrogens (tertiary/aromatic N) is 5. The summed E-state index contributed by atoms with van der Waals surface area (Å²) in [5, 5.41) is 9.35. The van der Waals surface area contributed by atoms with E-state index in [1.165, 1.54) is 38.3 Å². The molecule has 3 N–H and O–H groups in total. The molecule has 0 spiro atoms. The minimum absolute atomic E-state index is 0.00134. The normalized spacial score (nSPS) is 22.0. The first kappa shape index (κ1) is 61.5. The Morgan fingerprint density at radius 1 is 0.573 bits per heavy atom. The van der Waals surface area contributed by atoms with Crippen LogP contribution in [0.15, 0.2) is 89.3 Å². The molecule has 8 amide bonds. The maximum absolute atomic E-state index is 15.0. The number of nitrogens with one attached hydrogen (secondary N) is 3. The lowest BCUT2D eigenvalue weighted by Crippen LogP contribution is -2.58. The summed E-state index contributed by atoms with van der Waals surface area (Å²) < 4.78 is 34.5. The number of methoxy groups -OCH3 is 2. The molecular weight excluding hydrogens is 1140 g/mol. The number of likely N-dealkylation sites (tertiary alicyclic amines) is 5. The van der Waals surface area contributed by atoms with Crippen molar-refractivity contribution in [2.24, 2.45) is 0 Å². The Morgan fingerprint density at radius 3 is 1.67 bits per heavy atom. The lowest BCUT2D eigenvalue weighted by atomic mass is 9.98. The van der Waals surface area contributed by atoms with E-state index in [4.69, 9.17) is 28.1 Å². The number of carbonyl (C=O) groups is 9. The summed E-state index contributed by atoms with van der Waals surface area (Å²) in [6.45, 7) is 5.28. The number of rotatable bonds is 19. The fraction of sp³-hybridized carbons (Fsp3) is 0.470. The second kappa shape index (κ2) is 26.7. The largest absolute Gasteiger partial charge is 0.497 e. The molecule has 0 bridgehead atoms. The number of fused-ring (bicyclic) bond motifs is 4. The van der Waals surface area contributed by atoms with Gasteiger partial charge in [0.2, 0.25) is 41.4 Å². The van der Waals surface area contributed by atoms with Crippen molar-refractivity contribution in [3.05, 3.63) is 113 Å². The fourth-order valence-electron chi connectivity index (χ4n) is 13.9. The molecule has 4 aromatic carbocycles. The van der Waals surface area contributed by atoms with E-state index in [2.05, 4.69) is 16.0 Å². The highest BCUT2D eigenvalue weighted by molar-refractivity contribution is 5.98. The summed E-state index contributed by atoms with van der Waals surface area (Å²) in [5.41, 5.74) is 6.44. The zero-order valence-electron chi connectivity index (χ0n) is 50.8. The summed E-state index contributed by atoms with van der Waals surface area (Å²) in [6, 6.07) is 20.7. The quantitative estimate of drug-likeness (QED) is 0.0863. The lowest BCUT2D eigenvalue weighted by molar-refractivity contribution is -0.153. The molecule has 5 aromatic rings. The molecule has 5 saturated heterocycles. The topological polar surface area (TPSA) is 265 Å². The average Bonchev–Trinajstić information content (AvgIpc) is 1.76. The molecule has 5 fully saturated rings. The van der Waals surface area contributed by atoms with Crippen LogP contribution < -0.4 is 30.2 Å². The Kier molecular flexibility index (Phi) is 18.4. The molecule has 0 radical (unpaired) electrons. The molecule has 1 aromatic heterocycles. The van der Waals surface area contributed by atoms with E-state index >= 15 is 9.59 Å². The fourth-order valence-corrected chi connectivity index (χ4v) is 13.9. The van der Waals surface area contributed by atoms with E-state index in [-0.39, 0.29) is 103 Å². The van der Waals surface area contributed by atoms with Crippen LogP contribution in [0.2, 0.25) is 0 Å². The van der Waals surface area contributed by atoms with Crippen molar-refractivity contribution < 1.29 is 71.3 Å². The monoisotopic (exact) mass is 1220 g/mol. The summed E-state index contributed by atoms with van der Waals surface area (Å²) in [6.07, 6.45) is 1.71. The maximum Gasteiger partial charge on any atom is 0.410 e. The van der Waals surface area contributed by atoms with Gasteiger partial charge < -0.3 is 63.7 Å². The third-order valence-corrected chi connectivity index (χ3v) is 18.1. The van der Waals surface area contributed by atoms with Gasteiger partial charge in [-0.05, 0) is 110 Å². The van der Waals surface area contributed by atoms with Crippen LogP contribution in [0, 0.1) is 6.92 Å². The Hall–Kier alpha value is -9.15. The molecule has 23 heteroatoms. The van der Waals surface area contributed by atoms with Gasteiger partial charge in [0.15, 0.2) is 0 Å². The van der Waals surface area contributed by atoms with Crippen LogP contribution >= 0.6 is 0 Å². The van der Waals surface area contributed by atoms with Crippen LogP contribution in [0.25, 0.3) is 22.1 Å². The highest BCUT2D eigenvalue weighted by Crippen LogP contribution is 2.45. The first-order valence-corrected chi connectivity index (χ1v) is 30.7. The molecule has 6 heterocycles. The van der Waals surface area contributed by atoms with E-state index in [9.17, 15) is 33.6 Å². The third kappa shape index (κ3) is 13.1. The molecule has 89 heavy (non-hydrogen) atoms. The van der Waals surface area contributed by atoms with E-state index in [0.717, 1.165) is 38.8 Å². The Balaban J connectivity index is 0.702.